The van der Waals surface area contributed by atoms with Gasteiger partial charge in [0.1, 0.15) is 34.5 Å². The summed E-state index contributed by atoms with van der Waals surface area (Å²) < 4.78 is 35.6. The maximum atomic E-state index is 7.91. The van der Waals surface area contributed by atoms with E-state index in [1.165, 1.54) is 95.4 Å². The molecule has 15 aromatic carbocycles. The minimum absolute atomic E-state index is 0.178. The predicted molar refractivity (Wildman–Crippen MR) is 467 cm³/mol. The highest BCUT2D eigenvalue weighted by atomic mass is 32.1. The Balaban J connectivity index is 0.750. The summed E-state index contributed by atoms with van der Waals surface area (Å²) in [5.74, 6) is 4.87. The van der Waals surface area contributed by atoms with Crippen molar-refractivity contribution in [3.05, 3.63) is 314 Å². The van der Waals surface area contributed by atoms with Crippen LogP contribution in [0.2, 0.25) is 0 Å². The fourth-order valence-electron chi connectivity index (χ4n) is 20.5. The smallest absolute Gasteiger partial charge is 0.268 e. The van der Waals surface area contributed by atoms with Gasteiger partial charge >= 0.3 is 0 Å². The largest absolute Gasteiger partial charge is 0.458 e. The van der Waals surface area contributed by atoms with Gasteiger partial charge in [-0.25, -0.2) is 0 Å². The first-order chi connectivity index (χ1) is 54.8. The minimum Gasteiger partial charge on any atom is -0.458 e. The molecule has 0 unspecified atom stereocenters. The van der Waals surface area contributed by atoms with Crippen molar-refractivity contribution in [2.45, 2.75) is 20.8 Å². The lowest BCUT2D eigenvalue weighted by atomic mass is 9.31. The van der Waals surface area contributed by atoms with Crippen LogP contribution in [0.3, 0.4) is 0 Å². The number of para-hydroxylation sites is 7. The van der Waals surface area contributed by atoms with Crippen molar-refractivity contribution >= 4 is 222 Å². The first kappa shape index (κ1) is 60.6. The van der Waals surface area contributed by atoms with E-state index in [0.717, 1.165) is 152 Å². The van der Waals surface area contributed by atoms with E-state index in [0.29, 0.717) is 0 Å². The van der Waals surface area contributed by atoms with Crippen molar-refractivity contribution in [1.82, 2.24) is 13.7 Å². The molecule has 0 saturated heterocycles. The summed E-state index contributed by atoms with van der Waals surface area (Å²) >= 11 is 3.77. The summed E-state index contributed by atoms with van der Waals surface area (Å²) in [5, 5.41) is 13.8. The second-order valence-corrected chi connectivity index (χ2v) is 32.9. The summed E-state index contributed by atoms with van der Waals surface area (Å²) in [7, 11) is 0. The molecule has 1 N–H and O–H groups in total. The van der Waals surface area contributed by atoms with Gasteiger partial charge in [0.15, 0.2) is 0 Å². The van der Waals surface area contributed by atoms with E-state index in [-0.39, 0.29) is 20.1 Å². The molecular weight excluding hydrogens is 1390 g/mol. The van der Waals surface area contributed by atoms with Gasteiger partial charge in [-0.05, 0) is 150 Å². The molecule has 5 aromatic heterocycles. The maximum absolute atomic E-state index is 7.91. The molecule has 6 aliphatic rings. The lowest BCUT2D eigenvalue weighted by Crippen LogP contribution is -2.64. The van der Waals surface area contributed by atoms with Crippen molar-refractivity contribution in [2.24, 2.45) is 0 Å². The molecule has 6 aliphatic heterocycles. The van der Waals surface area contributed by atoms with Gasteiger partial charge in [-0.2, -0.15) is 0 Å². The predicted octanol–water partition coefficient (Wildman–Crippen LogP) is 19.8. The fraction of sp³-hybridized carbons (Fsp3) is 0.0309. The van der Waals surface area contributed by atoms with E-state index in [1.54, 1.807) is 0 Å². The Morgan fingerprint density at radius 1 is 0.288 bits per heavy atom. The van der Waals surface area contributed by atoms with E-state index in [1.807, 2.05) is 22.7 Å². The van der Waals surface area contributed by atoms with Crippen molar-refractivity contribution < 1.29 is 14.2 Å². The van der Waals surface area contributed by atoms with Crippen molar-refractivity contribution in [3.63, 3.8) is 0 Å². The molecule has 0 radical (unpaired) electrons. The van der Waals surface area contributed by atoms with Gasteiger partial charge < -0.3 is 43.0 Å². The van der Waals surface area contributed by atoms with Crippen LogP contribution in [0, 0.1) is 20.8 Å². The molecule has 0 aliphatic carbocycles. The zero-order valence-corrected chi connectivity index (χ0v) is 61.9. The van der Waals surface area contributed by atoms with E-state index in [4.69, 9.17) is 14.2 Å². The summed E-state index contributed by atoms with van der Waals surface area (Å²) in [6.07, 6.45) is 0. The van der Waals surface area contributed by atoms with Crippen LogP contribution in [0.25, 0.3) is 103 Å². The third-order valence-corrected chi connectivity index (χ3v) is 27.2. The highest BCUT2D eigenvalue weighted by molar-refractivity contribution is 7.34. The Morgan fingerprint density at radius 3 is 1.28 bits per heavy atom. The average molecular weight is 1450 g/mol. The molecule has 9 nitrogen and oxygen atoms in total. The molecule has 0 bridgehead atoms. The summed E-state index contributed by atoms with van der Waals surface area (Å²) in [4.78, 5) is 5.12. The number of fused-ring (bicyclic) bond motifs is 25. The number of hydrogen-bond donors (Lipinski definition) is 1. The normalized spacial score (nSPS) is 13.7. The van der Waals surface area contributed by atoms with Crippen LogP contribution in [0.15, 0.2) is 297 Å². The second kappa shape index (κ2) is 21.9. The van der Waals surface area contributed by atoms with E-state index >= 15 is 0 Å². The molecule has 20 aromatic rings. The Morgan fingerprint density at radius 2 is 0.721 bits per heavy atom. The summed E-state index contributed by atoms with van der Waals surface area (Å²) in [5.41, 5.74) is 30.1. The number of ether oxygens (including phenoxy) is 3. The summed E-state index contributed by atoms with van der Waals surface area (Å²) in [6, 6.07) is 110. The quantitative estimate of drug-likeness (QED) is 0.173. The molecule has 0 atom stereocenters. The standard InChI is InChI=1S/C97H59B3N6O3S2/c1-53-41-54(2)93(55(3)42-53)106-80-52-84-71(50-69(80)100-91-82(106)45-58(46-85(91)109-95-67-32-14-22-40-89(67)111-97(95)100)103-76-35-17-9-27-62(76)63-28-10-18-36-77(63)103)98-70-49-68-72(51-83(70)107-86-47-59(48-87(108-84)92(86)98)104-78-37-19-11-29-64(78)65-30-12-20-38-79(65)104)101-73-43-57(102-74-33-15-7-25-60(74)61-26-8-16-34-75(61)102)44-81-90(73)99(68)96-94(66-31-13-21-39-88(66)110-96)105(81)56-23-5-4-6-24-56/h4-52,101H,1-3H3. The van der Waals surface area contributed by atoms with Crippen LogP contribution in [-0.2, 0) is 0 Å². The number of benzene rings is 15. The van der Waals surface area contributed by atoms with Gasteiger partial charge in [-0.15, -0.1) is 22.7 Å². The Hall–Kier alpha value is -13.4. The van der Waals surface area contributed by atoms with Crippen LogP contribution < -0.4 is 77.1 Å². The Kier molecular flexibility index (Phi) is 12.0. The Bertz CT molecular complexity index is 7480. The van der Waals surface area contributed by atoms with Crippen LogP contribution >= 0.6 is 22.7 Å². The Labute approximate surface area is 646 Å². The SMILES string of the molecule is Cc1cc(C)c(N2c3cc4c(cc3B3c5sc6ccccc6c5Oc5cc(-n6c7ccccc7c7ccccc76)cc2c53)B2c3cc5c(cc3Oc3cc(-n6c7ccccc7c7ccccc76)cc(c32)O4)Nc2cc(-n3c4ccccc4c4ccccc43)cc3c2B5c2sc4ccccc4c2N3c2ccccc2)c(C)c1. The van der Waals surface area contributed by atoms with Gasteiger partial charge in [0.25, 0.3) is 20.1 Å². The lowest BCUT2D eigenvalue weighted by Gasteiger charge is -2.42. The van der Waals surface area contributed by atoms with Crippen molar-refractivity contribution in [1.29, 1.82) is 0 Å². The number of anilines is 8. The molecular formula is C97H59B3N6O3S2. The third-order valence-electron chi connectivity index (χ3n) is 24.7. The number of rotatable bonds is 5. The number of nitrogens with zero attached hydrogens (tertiary/aromatic N) is 5. The van der Waals surface area contributed by atoms with Crippen LogP contribution in [0.5, 0.6) is 34.5 Å². The first-order valence-corrected chi connectivity index (χ1v) is 39.8. The van der Waals surface area contributed by atoms with Crippen LogP contribution in [-0.4, -0.2) is 33.8 Å². The number of hydrogen-bond acceptors (Lipinski definition) is 8. The van der Waals surface area contributed by atoms with Gasteiger partial charge in [0.05, 0.1) is 61.5 Å². The zero-order chi connectivity index (χ0) is 72.5. The molecule has 0 spiro atoms. The molecule has 11 heterocycles. The highest BCUT2D eigenvalue weighted by Crippen LogP contribution is 2.52. The van der Waals surface area contributed by atoms with E-state index in [9.17, 15) is 0 Å². The average Bonchev–Trinajstić information content (AvgIpc) is 1.57. The first-order valence-electron chi connectivity index (χ1n) is 38.2. The lowest BCUT2D eigenvalue weighted by molar-refractivity contribution is 0.464. The second-order valence-electron chi connectivity index (χ2n) is 30.8. The molecule has 26 rings (SSSR count). The fourth-order valence-corrected chi connectivity index (χ4v) is 23.1. The molecule has 516 valence electrons. The molecule has 14 heteroatoms. The minimum atomic E-state index is -0.355. The van der Waals surface area contributed by atoms with Crippen LogP contribution in [0.1, 0.15) is 16.7 Å². The van der Waals surface area contributed by atoms with Gasteiger partial charge in [0.2, 0.25) is 0 Å². The van der Waals surface area contributed by atoms with Crippen molar-refractivity contribution in [2.75, 3.05) is 15.1 Å². The maximum Gasteiger partial charge on any atom is 0.268 e. The van der Waals surface area contributed by atoms with E-state index < -0.39 is 0 Å². The number of thiophene rings is 2. The topological polar surface area (TPSA) is 61.0 Å². The number of aromatic nitrogens is 3. The molecule has 0 fully saturated rings. The third kappa shape index (κ3) is 8.11. The number of aryl methyl sites for hydroxylation is 3. The molecule has 0 amide bonds. The molecule has 0 saturated carbocycles. The van der Waals surface area contributed by atoms with Gasteiger partial charge in [-0.3, -0.25) is 0 Å². The zero-order valence-electron chi connectivity index (χ0n) is 60.3. The monoisotopic (exact) mass is 1450 g/mol. The highest BCUT2D eigenvalue weighted by Gasteiger charge is 2.51. The van der Waals surface area contributed by atoms with Gasteiger partial charge in [-0.1, -0.05) is 188 Å². The van der Waals surface area contributed by atoms with Crippen LogP contribution in [0.4, 0.5) is 45.5 Å². The number of nitrogens with one attached hydrogen (secondary N) is 1. The van der Waals surface area contributed by atoms with Crippen molar-refractivity contribution in [3.8, 4) is 51.6 Å². The van der Waals surface area contributed by atoms with Gasteiger partial charge in [0, 0.05) is 132 Å². The van der Waals surface area contributed by atoms with E-state index in [2.05, 4.69) is 347 Å². The molecule has 111 heavy (non-hydrogen) atoms. The summed E-state index contributed by atoms with van der Waals surface area (Å²) in [6.45, 7) is 6.00.